The molecule has 1 aliphatic heterocycles. The Kier molecular flexibility index (Phi) is 6.30. The standard InChI is InChI=1S/C25H37NO4/c1-24(16-27-3)8-5-9-25(2)21-14-18(28-4)13-20(19(21)6-7-22(24)25)17(15-26)12-23-29-10-11-30-23/h13,17,21-23H,5-12,14,16H2,1-4H3/t17?,21?,22?,24-,25-/m1/s1. The minimum absolute atomic E-state index is 0.211. The Labute approximate surface area is 181 Å². The zero-order valence-corrected chi connectivity index (χ0v) is 19.0. The number of methoxy groups -OCH3 is 2. The van der Waals surface area contributed by atoms with E-state index in [9.17, 15) is 5.26 Å². The molecular formula is C25H37NO4. The second-order valence-electron chi connectivity index (χ2n) is 10.2. The second-order valence-corrected chi connectivity index (χ2v) is 10.2. The first-order chi connectivity index (χ1) is 14.4. The monoisotopic (exact) mass is 415 g/mol. The molecule has 0 bridgehead atoms. The van der Waals surface area contributed by atoms with Crippen LogP contribution < -0.4 is 0 Å². The molecule has 0 radical (unpaired) electrons. The summed E-state index contributed by atoms with van der Waals surface area (Å²) in [4.78, 5) is 0. The Hall–Kier alpha value is -1.35. The van der Waals surface area contributed by atoms with E-state index in [-0.39, 0.29) is 23.0 Å². The van der Waals surface area contributed by atoms with Gasteiger partial charge in [0, 0.05) is 20.0 Å². The van der Waals surface area contributed by atoms with Gasteiger partial charge >= 0.3 is 0 Å². The van der Waals surface area contributed by atoms with Crippen molar-refractivity contribution in [3.05, 3.63) is 23.0 Å². The van der Waals surface area contributed by atoms with Gasteiger partial charge in [0.15, 0.2) is 6.29 Å². The Morgan fingerprint density at radius 1 is 1.23 bits per heavy atom. The highest BCUT2D eigenvalue weighted by Crippen LogP contribution is 2.63. The Bertz CT molecular complexity index is 743. The van der Waals surface area contributed by atoms with Gasteiger partial charge in [0.2, 0.25) is 0 Å². The molecule has 3 fully saturated rings. The quantitative estimate of drug-likeness (QED) is 0.612. The van der Waals surface area contributed by atoms with Crippen molar-refractivity contribution in [3.63, 3.8) is 0 Å². The number of ether oxygens (including phenoxy) is 4. The summed E-state index contributed by atoms with van der Waals surface area (Å²) in [5, 5.41) is 10.1. The summed E-state index contributed by atoms with van der Waals surface area (Å²) in [6, 6.07) is 2.56. The third kappa shape index (κ3) is 3.72. The maximum absolute atomic E-state index is 10.1. The van der Waals surface area contributed by atoms with E-state index in [1.807, 2.05) is 7.11 Å². The van der Waals surface area contributed by atoms with Crippen LogP contribution in [0.1, 0.15) is 58.8 Å². The minimum Gasteiger partial charge on any atom is -0.501 e. The molecule has 166 valence electrons. The van der Waals surface area contributed by atoms with Crippen LogP contribution >= 0.6 is 0 Å². The minimum atomic E-state index is -0.269. The van der Waals surface area contributed by atoms with Gasteiger partial charge in [-0.25, -0.2) is 0 Å². The first-order valence-electron chi connectivity index (χ1n) is 11.5. The average Bonchev–Trinajstić information content (AvgIpc) is 3.24. The van der Waals surface area contributed by atoms with Crippen molar-refractivity contribution in [1.29, 1.82) is 5.26 Å². The average molecular weight is 416 g/mol. The Balaban J connectivity index is 1.70. The van der Waals surface area contributed by atoms with Crippen LogP contribution in [0.15, 0.2) is 23.0 Å². The molecule has 0 aromatic carbocycles. The van der Waals surface area contributed by atoms with Crippen molar-refractivity contribution in [2.45, 2.75) is 65.1 Å². The van der Waals surface area contributed by atoms with Gasteiger partial charge in [0.1, 0.15) is 0 Å². The van der Waals surface area contributed by atoms with Crippen molar-refractivity contribution in [2.75, 3.05) is 34.0 Å². The summed E-state index contributed by atoms with van der Waals surface area (Å²) in [5.74, 6) is 1.86. The summed E-state index contributed by atoms with van der Waals surface area (Å²) in [7, 11) is 3.60. The molecule has 3 unspecified atom stereocenters. The molecule has 5 nitrogen and oxygen atoms in total. The number of hydrogen-bond donors (Lipinski definition) is 0. The molecule has 30 heavy (non-hydrogen) atoms. The molecule has 0 amide bonds. The lowest BCUT2D eigenvalue weighted by Gasteiger charge is -2.59. The van der Waals surface area contributed by atoms with Gasteiger partial charge in [0.25, 0.3) is 0 Å². The SMILES string of the molecule is COC[C@@]1(C)CCC[C@]2(C)C3CC(OC)=CC(C(C#N)CC4OCCO4)=C3CCC12. The third-order valence-corrected chi connectivity index (χ3v) is 8.50. The fraction of sp³-hybridized carbons (Fsp3) is 0.800. The molecule has 4 rings (SSSR count). The summed E-state index contributed by atoms with van der Waals surface area (Å²) in [5.41, 5.74) is 3.09. The van der Waals surface area contributed by atoms with Crippen LogP contribution in [-0.4, -0.2) is 40.3 Å². The van der Waals surface area contributed by atoms with Crippen LogP contribution in [0, 0.1) is 39.9 Å². The molecular weight excluding hydrogens is 378 g/mol. The van der Waals surface area contributed by atoms with Crippen molar-refractivity contribution >= 4 is 0 Å². The summed E-state index contributed by atoms with van der Waals surface area (Å²) < 4.78 is 22.8. The molecule has 5 atom stereocenters. The van der Waals surface area contributed by atoms with E-state index in [4.69, 9.17) is 18.9 Å². The van der Waals surface area contributed by atoms with Gasteiger partial charge in [-0.2, -0.15) is 5.26 Å². The highest BCUT2D eigenvalue weighted by Gasteiger charge is 2.56. The van der Waals surface area contributed by atoms with Crippen LogP contribution in [0.2, 0.25) is 0 Å². The lowest BCUT2D eigenvalue weighted by atomic mass is 9.46. The zero-order chi connectivity index (χ0) is 21.4. The lowest BCUT2D eigenvalue weighted by Crippen LogP contribution is -2.52. The van der Waals surface area contributed by atoms with Gasteiger partial charge in [-0.1, -0.05) is 25.8 Å². The largest absolute Gasteiger partial charge is 0.501 e. The number of nitrogens with zero attached hydrogens (tertiary/aromatic N) is 1. The highest BCUT2D eigenvalue weighted by molar-refractivity contribution is 5.41. The molecule has 0 aromatic rings. The maximum Gasteiger partial charge on any atom is 0.159 e. The number of nitriles is 1. The molecule has 3 aliphatic carbocycles. The first kappa shape index (κ1) is 21.9. The molecule has 0 spiro atoms. The predicted molar refractivity (Wildman–Crippen MR) is 114 cm³/mol. The molecule has 5 heteroatoms. The fourth-order valence-electron chi connectivity index (χ4n) is 7.17. The number of rotatable bonds is 6. The van der Waals surface area contributed by atoms with Gasteiger partial charge in [-0.15, -0.1) is 0 Å². The van der Waals surface area contributed by atoms with E-state index in [1.165, 1.54) is 36.8 Å². The van der Waals surface area contributed by atoms with Crippen molar-refractivity contribution < 1.29 is 18.9 Å². The first-order valence-corrected chi connectivity index (χ1v) is 11.5. The number of hydrogen-bond acceptors (Lipinski definition) is 5. The van der Waals surface area contributed by atoms with E-state index in [0.717, 1.165) is 25.2 Å². The summed E-state index contributed by atoms with van der Waals surface area (Å²) in [6.45, 7) is 6.99. The predicted octanol–water partition coefficient (Wildman–Crippen LogP) is 4.99. The molecule has 2 saturated carbocycles. The molecule has 0 aromatic heterocycles. The van der Waals surface area contributed by atoms with Crippen molar-refractivity contribution in [2.24, 2.45) is 28.6 Å². The van der Waals surface area contributed by atoms with Crippen molar-refractivity contribution in [1.82, 2.24) is 0 Å². The molecule has 1 heterocycles. The van der Waals surface area contributed by atoms with E-state index < -0.39 is 0 Å². The van der Waals surface area contributed by atoms with Crippen LogP contribution in [0.5, 0.6) is 0 Å². The van der Waals surface area contributed by atoms with Crippen molar-refractivity contribution in [3.8, 4) is 6.07 Å². The van der Waals surface area contributed by atoms with Crippen LogP contribution in [-0.2, 0) is 18.9 Å². The van der Waals surface area contributed by atoms with E-state index in [0.29, 0.717) is 31.5 Å². The Morgan fingerprint density at radius 3 is 2.67 bits per heavy atom. The third-order valence-electron chi connectivity index (χ3n) is 8.50. The second kappa shape index (κ2) is 8.65. The topological polar surface area (TPSA) is 60.7 Å². The molecule has 1 saturated heterocycles. The number of allylic oxidation sites excluding steroid dienone is 4. The summed E-state index contributed by atoms with van der Waals surface area (Å²) >= 11 is 0. The normalized spacial score (nSPS) is 37.8. The van der Waals surface area contributed by atoms with E-state index >= 15 is 0 Å². The smallest absolute Gasteiger partial charge is 0.159 e. The Morgan fingerprint density at radius 2 is 2.00 bits per heavy atom. The van der Waals surface area contributed by atoms with Crippen LogP contribution in [0.3, 0.4) is 0 Å². The van der Waals surface area contributed by atoms with Crippen LogP contribution in [0.4, 0.5) is 0 Å². The van der Waals surface area contributed by atoms with Gasteiger partial charge in [0.05, 0.1) is 44.7 Å². The fourth-order valence-corrected chi connectivity index (χ4v) is 7.17. The van der Waals surface area contributed by atoms with E-state index in [2.05, 4.69) is 26.0 Å². The van der Waals surface area contributed by atoms with E-state index in [1.54, 1.807) is 7.11 Å². The van der Waals surface area contributed by atoms with Gasteiger partial charge in [-0.05, 0) is 60.0 Å². The lowest BCUT2D eigenvalue weighted by molar-refractivity contribution is -0.0943. The van der Waals surface area contributed by atoms with Gasteiger partial charge < -0.3 is 18.9 Å². The molecule has 0 N–H and O–H groups in total. The maximum atomic E-state index is 10.1. The van der Waals surface area contributed by atoms with Crippen LogP contribution in [0.25, 0.3) is 0 Å². The number of fused-ring (bicyclic) bond motifs is 3. The summed E-state index contributed by atoms with van der Waals surface area (Å²) in [6.07, 6.45) is 9.38. The molecule has 4 aliphatic rings. The highest BCUT2D eigenvalue weighted by atomic mass is 16.7. The zero-order valence-electron chi connectivity index (χ0n) is 19.0. The van der Waals surface area contributed by atoms with Gasteiger partial charge in [-0.3, -0.25) is 0 Å².